The van der Waals surface area contributed by atoms with Gasteiger partial charge in [0.15, 0.2) is 0 Å². The van der Waals surface area contributed by atoms with E-state index < -0.39 is 0 Å². The fraction of sp³-hybridized carbons (Fsp3) is 0.375. The molecule has 3 nitrogen and oxygen atoms in total. The van der Waals surface area contributed by atoms with E-state index in [9.17, 15) is 0 Å². The lowest BCUT2D eigenvalue weighted by atomic mass is 10.1. The van der Waals surface area contributed by atoms with Gasteiger partial charge in [-0.2, -0.15) is 0 Å². The summed E-state index contributed by atoms with van der Waals surface area (Å²) in [7, 11) is 0. The molecular formula is C8H10N2O. The third kappa shape index (κ3) is 1.13. The highest BCUT2D eigenvalue weighted by molar-refractivity contribution is 5.29. The second-order valence-electron chi connectivity index (χ2n) is 2.71. The standard InChI is InChI=1S/C8H10N2O/c11-5-8-1-6-2-9-3-7(6)4-10-8/h1,4,9,11H,2-3,5H2. The van der Waals surface area contributed by atoms with Gasteiger partial charge in [-0.1, -0.05) is 0 Å². The van der Waals surface area contributed by atoms with Gasteiger partial charge in [-0.15, -0.1) is 0 Å². The van der Waals surface area contributed by atoms with Crippen molar-refractivity contribution in [2.24, 2.45) is 0 Å². The first-order valence-corrected chi connectivity index (χ1v) is 3.68. The molecule has 58 valence electrons. The Labute approximate surface area is 65.1 Å². The van der Waals surface area contributed by atoms with Crippen molar-refractivity contribution in [2.75, 3.05) is 0 Å². The molecule has 0 saturated heterocycles. The zero-order chi connectivity index (χ0) is 7.68. The third-order valence-corrected chi connectivity index (χ3v) is 1.93. The van der Waals surface area contributed by atoms with Gasteiger partial charge in [-0.25, -0.2) is 0 Å². The van der Waals surface area contributed by atoms with Crippen molar-refractivity contribution in [3.63, 3.8) is 0 Å². The molecule has 1 aliphatic rings. The maximum absolute atomic E-state index is 8.79. The number of aliphatic hydroxyl groups is 1. The topological polar surface area (TPSA) is 45.2 Å². The van der Waals surface area contributed by atoms with Gasteiger partial charge in [0.25, 0.3) is 0 Å². The van der Waals surface area contributed by atoms with Crippen LogP contribution in [0.4, 0.5) is 0 Å². The van der Waals surface area contributed by atoms with Crippen LogP contribution in [-0.2, 0) is 19.7 Å². The minimum absolute atomic E-state index is 0.0350. The van der Waals surface area contributed by atoms with E-state index in [1.165, 1.54) is 11.1 Å². The van der Waals surface area contributed by atoms with Crippen molar-refractivity contribution in [1.29, 1.82) is 0 Å². The smallest absolute Gasteiger partial charge is 0.0853 e. The zero-order valence-corrected chi connectivity index (χ0v) is 6.17. The van der Waals surface area contributed by atoms with Gasteiger partial charge < -0.3 is 10.4 Å². The van der Waals surface area contributed by atoms with Gasteiger partial charge in [0.05, 0.1) is 12.3 Å². The number of nitrogens with one attached hydrogen (secondary N) is 1. The first-order valence-electron chi connectivity index (χ1n) is 3.68. The number of rotatable bonds is 1. The summed E-state index contributed by atoms with van der Waals surface area (Å²) >= 11 is 0. The van der Waals surface area contributed by atoms with Crippen LogP contribution < -0.4 is 5.32 Å². The molecule has 1 aromatic heterocycles. The molecule has 3 heteroatoms. The Morgan fingerprint density at radius 3 is 3.09 bits per heavy atom. The van der Waals surface area contributed by atoms with Crippen molar-refractivity contribution in [1.82, 2.24) is 10.3 Å². The van der Waals surface area contributed by atoms with Crippen LogP contribution in [-0.4, -0.2) is 10.1 Å². The van der Waals surface area contributed by atoms with Crippen molar-refractivity contribution in [3.8, 4) is 0 Å². The number of aliphatic hydroxyl groups excluding tert-OH is 1. The summed E-state index contributed by atoms with van der Waals surface area (Å²) in [5.74, 6) is 0. The fourth-order valence-electron chi connectivity index (χ4n) is 1.32. The molecular weight excluding hydrogens is 140 g/mol. The van der Waals surface area contributed by atoms with Crippen molar-refractivity contribution < 1.29 is 5.11 Å². The van der Waals surface area contributed by atoms with E-state index >= 15 is 0 Å². The minimum Gasteiger partial charge on any atom is -0.390 e. The summed E-state index contributed by atoms with van der Waals surface area (Å²) in [5, 5.41) is 12.0. The molecule has 0 bridgehead atoms. The normalized spacial score (nSPS) is 15.0. The monoisotopic (exact) mass is 150 g/mol. The summed E-state index contributed by atoms with van der Waals surface area (Å²) in [6, 6.07) is 1.95. The van der Waals surface area contributed by atoms with Crippen molar-refractivity contribution >= 4 is 0 Å². The number of pyridine rings is 1. The molecule has 0 aromatic carbocycles. The maximum Gasteiger partial charge on any atom is 0.0853 e. The van der Waals surface area contributed by atoms with Gasteiger partial charge >= 0.3 is 0 Å². The average Bonchev–Trinajstić information content (AvgIpc) is 2.50. The molecule has 0 spiro atoms. The van der Waals surface area contributed by atoms with Gasteiger partial charge in [-0.3, -0.25) is 4.98 Å². The van der Waals surface area contributed by atoms with Crippen LogP contribution in [0.2, 0.25) is 0 Å². The summed E-state index contributed by atoms with van der Waals surface area (Å²) in [6.07, 6.45) is 1.83. The van der Waals surface area contributed by atoms with Gasteiger partial charge in [-0.05, 0) is 17.2 Å². The molecule has 2 N–H and O–H groups in total. The minimum atomic E-state index is 0.0350. The Morgan fingerprint density at radius 2 is 2.27 bits per heavy atom. The predicted molar refractivity (Wildman–Crippen MR) is 40.7 cm³/mol. The van der Waals surface area contributed by atoms with Gasteiger partial charge in [0.1, 0.15) is 0 Å². The van der Waals surface area contributed by atoms with Crippen LogP contribution >= 0.6 is 0 Å². The van der Waals surface area contributed by atoms with E-state index in [4.69, 9.17) is 5.11 Å². The quantitative estimate of drug-likeness (QED) is 0.600. The second kappa shape index (κ2) is 2.60. The Kier molecular flexibility index (Phi) is 1.60. The first kappa shape index (κ1) is 6.76. The molecule has 1 aliphatic heterocycles. The lowest BCUT2D eigenvalue weighted by molar-refractivity contribution is 0.276. The zero-order valence-electron chi connectivity index (χ0n) is 6.17. The Balaban J connectivity index is 2.41. The van der Waals surface area contributed by atoms with Gasteiger partial charge in [0, 0.05) is 19.3 Å². The summed E-state index contributed by atoms with van der Waals surface area (Å²) in [4.78, 5) is 4.08. The molecule has 0 radical (unpaired) electrons. The van der Waals surface area contributed by atoms with Crippen LogP contribution in [0.25, 0.3) is 0 Å². The van der Waals surface area contributed by atoms with E-state index in [-0.39, 0.29) is 6.61 Å². The fourth-order valence-corrected chi connectivity index (χ4v) is 1.32. The van der Waals surface area contributed by atoms with Crippen molar-refractivity contribution in [2.45, 2.75) is 19.7 Å². The predicted octanol–water partition coefficient (Wildman–Crippen LogP) is 0.177. The van der Waals surface area contributed by atoms with E-state index in [1.807, 2.05) is 12.3 Å². The molecule has 0 fully saturated rings. The summed E-state index contributed by atoms with van der Waals surface area (Å²) < 4.78 is 0. The van der Waals surface area contributed by atoms with E-state index in [2.05, 4.69) is 10.3 Å². The second-order valence-corrected chi connectivity index (χ2v) is 2.71. The Bertz CT molecular complexity index is 273. The van der Waals surface area contributed by atoms with Gasteiger partial charge in [0.2, 0.25) is 0 Å². The largest absolute Gasteiger partial charge is 0.390 e. The molecule has 2 heterocycles. The van der Waals surface area contributed by atoms with Crippen LogP contribution in [0.15, 0.2) is 12.3 Å². The molecule has 1 aromatic rings. The molecule has 0 atom stereocenters. The van der Waals surface area contributed by atoms with E-state index in [0.29, 0.717) is 0 Å². The van der Waals surface area contributed by atoms with Crippen LogP contribution in [0.3, 0.4) is 0 Å². The molecule has 2 rings (SSSR count). The lowest BCUT2D eigenvalue weighted by Crippen LogP contribution is -1.99. The number of hydrogen-bond acceptors (Lipinski definition) is 3. The number of aromatic nitrogens is 1. The number of nitrogens with zero attached hydrogens (tertiary/aromatic N) is 1. The van der Waals surface area contributed by atoms with Crippen LogP contribution in [0.1, 0.15) is 16.8 Å². The number of hydrogen-bond donors (Lipinski definition) is 2. The van der Waals surface area contributed by atoms with E-state index in [0.717, 1.165) is 18.8 Å². The average molecular weight is 150 g/mol. The SMILES string of the molecule is OCc1cc2c(cn1)CNC2. The Morgan fingerprint density at radius 1 is 1.45 bits per heavy atom. The van der Waals surface area contributed by atoms with E-state index in [1.54, 1.807) is 0 Å². The highest BCUT2D eigenvalue weighted by Gasteiger charge is 2.09. The summed E-state index contributed by atoms with van der Waals surface area (Å²) in [5.41, 5.74) is 3.28. The maximum atomic E-state index is 8.79. The third-order valence-electron chi connectivity index (χ3n) is 1.93. The number of fused-ring (bicyclic) bond motifs is 1. The molecule has 0 unspecified atom stereocenters. The van der Waals surface area contributed by atoms with Crippen LogP contribution in [0.5, 0.6) is 0 Å². The summed E-state index contributed by atoms with van der Waals surface area (Å²) in [6.45, 7) is 1.85. The molecule has 11 heavy (non-hydrogen) atoms. The van der Waals surface area contributed by atoms with Crippen molar-refractivity contribution in [3.05, 3.63) is 29.1 Å². The molecule has 0 aliphatic carbocycles. The molecule has 0 saturated carbocycles. The molecule has 0 amide bonds. The van der Waals surface area contributed by atoms with Crippen LogP contribution in [0, 0.1) is 0 Å². The lowest BCUT2D eigenvalue weighted by Gasteiger charge is -1.98. The Hall–Kier alpha value is -0.930. The highest BCUT2D eigenvalue weighted by Crippen LogP contribution is 2.14. The first-order chi connectivity index (χ1) is 5.40. The highest BCUT2D eigenvalue weighted by atomic mass is 16.3.